The minimum atomic E-state index is -0.272. The average molecular weight is 228 g/mol. The molecular formula is C12H15ClFN. The van der Waals surface area contributed by atoms with Crippen LogP contribution in [0.2, 0.25) is 5.02 Å². The molecule has 1 saturated carbocycles. The molecule has 2 rings (SSSR count). The molecule has 0 heterocycles. The lowest BCUT2D eigenvalue weighted by atomic mass is 10.0. The number of halogens is 2. The molecule has 15 heavy (non-hydrogen) atoms. The molecule has 1 unspecified atom stereocenters. The predicted molar refractivity (Wildman–Crippen MR) is 60.8 cm³/mol. The molecule has 1 fully saturated rings. The summed E-state index contributed by atoms with van der Waals surface area (Å²) < 4.78 is 12.8. The molecule has 3 heteroatoms. The molecule has 1 aromatic carbocycles. The Morgan fingerprint density at radius 3 is 2.87 bits per heavy atom. The summed E-state index contributed by atoms with van der Waals surface area (Å²) in [6.45, 7) is 3.02. The summed E-state index contributed by atoms with van der Waals surface area (Å²) in [4.78, 5) is 0. The van der Waals surface area contributed by atoms with Crippen molar-refractivity contribution in [3.8, 4) is 0 Å². The van der Waals surface area contributed by atoms with Crippen molar-refractivity contribution < 1.29 is 4.39 Å². The van der Waals surface area contributed by atoms with Gasteiger partial charge in [0.05, 0.1) is 0 Å². The van der Waals surface area contributed by atoms with Crippen LogP contribution in [-0.2, 0) is 0 Å². The zero-order chi connectivity index (χ0) is 10.8. The number of benzene rings is 1. The Bertz CT molecular complexity index is 349. The zero-order valence-corrected chi connectivity index (χ0v) is 9.52. The van der Waals surface area contributed by atoms with Crippen LogP contribution in [0, 0.1) is 5.82 Å². The third kappa shape index (κ3) is 2.93. The molecule has 0 aliphatic heterocycles. The molecule has 82 valence electrons. The van der Waals surface area contributed by atoms with Crippen molar-refractivity contribution in [3.63, 3.8) is 0 Å². The number of hydrogen-bond acceptors (Lipinski definition) is 1. The van der Waals surface area contributed by atoms with E-state index < -0.39 is 0 Å². The number of rotatable bonds is 4. The van der Waals surface area contributed by atoms with E-state index >= 15 is 0 Å². The molecule has 1 nitrogen and oxygen atoms in total. The highest BCUT2D eigenvalue weighted by Gasteiger charge is 2.21. The van der Waals surface area contributed by atoms with E-state index in [0.29, 0.717) is 17.0 Å². The summed E-state index contributed by atoms with van der Waals surface area (Å²) in [5, 5.41) is 3.97. The molecule has 1 aliphatic carbocycles. The van der Waals surface area contributed by atoms with Gasteiger partial charge in [0.2, 0.25) is 0 Å². The van der Waals surface area contributed by atoms with E-state index in [1.165, 1.54) is 25.0 Å². The summed E-state index contributed by atoms with van der Waals surface area (Å²) in [7, 11) is 0. The summed E-state index contributed by atoms with van der Waals surface area (Å²) in [6.07, 6.45) is 2.56. The molecule has 1 atom stereocenters. The van der Waals surface area contributed by atoms with Crippen LogP contribution in [0.1, 0.15) is 31.2 Å². The lowest BCUT2D eigenvalue weighted by molar-refractivity contribution is 0.605. The Hall–Kier alpha value is -0.600. The lowest BCUT2D eigenvalue weighted by Gasteiger charge is -2.14. The van der Waals surface area contributed by atoms with Crippen molar-refractivity contribution in [2.75, 3.05) is 6.54 Å². The number of hydrogen-bond donors (Lipinski definition) is 1. The van der Waals surface area contributed by atoms with E-state index in [4.69, 9.17) is 11.6 Å². The van der Waals surface area contributed by atoms with E-state index in [1.807, 2.05) is 0 Å². The topological polar surface area (TPSA) is 12.0 Å². The van der Waals surface area contributed by atoms with Crippen LogP contribution in [0.4, 0.5) is 4.39 Å². The maximum Gasteiger partial charge on any atom is 0.124 e. The smallest absolute Gasteiger partial charge is 0.124 e. The Morgan fingerprint density at radius 1 is 1.53 bits per heavy atom. The summed E-state index contributed by atoms with van der Waals surface area (Å²) in [5.41, 5.74) is 1.02. The third-order valence-electron chi connectivity index (χ3n) is 2.78. The maximum atomic E-state index is 12.8. The van der Waals surface area contributed by atoms with Gasteiger partial charge >= 0.3 is 0 Å². The summed E-state index contributed by atoms with van der Waals surface area (Å²) in [5.74, 6) is 0.0600. The van der Waals surface area contributed by atoms with Crippen LogP contribution >= 0.6 is 11.6 Å². The SMILES string of the molecule is CC(CNC1CC1)c1ccc(F)cc1Cl. The Balaban J connectivity index is 1.99. The van der Waals surface area contributed by atoms with Gasteiger partial charge in [-0.1, -0.05) is 24.6 Å². The normalized spacial score (nSPS) is 17.8. The first-order chi connectivity index (χ1) is 7.16. The molecule has 0 bridgehead atoms. The second-order valence-electron chi connectivity index (χ2n) is 4.25. The van der Waals surface area contributed by atoms with Gasteiger partial charge in [-0.15, -0.1) is 0 Å². The van der Waals surface area contributed by atoms with Crippen molar-refractivity contribution in [1.29, 1.82) is 0 Å². The average Bonchev–Trinajstić information content (AvgIpc) is 2.97. The van der Waals surface area contributed by atoms with E-state index in [-0.39, 0.29) is 5.82 Å². The first-order valence-electron chi connectivity index (χ1n) is 5.35. The molecule has 0 spiro atoms. The standard InChI is InChI=1S/C12H15ClFN/c1-8(7-15-10-3-4-10)11-5-2-9(14)6-12(11)13/h2,5-6,8,10,15H,3-4,7H2,1H3. The lowest BCUT2D eigenvalue weighted by Crippen LogP contribution is -2.22. The highest BCUT2D eigenvalue weighted by Crippen LogP contribution is 2.26. The van der Waals surface area contributed by atoms with E-state index in [1.54, 1.807) is 6.07 Å². The molecular weight excluding hydrogens is 213 g/mol. The van der Waals surface area contributed by atoms with Crippen molar-refractivity contribution in [2.24, 2.45) is 0 Å². The Labute approximate surface area is 94.6 Å². The van der Waals surface area contributed by atoms with E-state index in [0.717, 1.165) is 12.1 Å². The minimum Gasteiger partial charge on any atom is -0.313 e. The highest BCUT2D eigenvalue weighted by atomic mass is 35.5. The monoisotopic (exact) mass is 227 g/mol. The van der Waals surface area contributed by atoms with Crippen LogP contribution < -0.4 is 5.32 Å². The van der Waals surface area contributed by atoms with Gasteiger partial charge in [-0.2, -0.15) is 0 Å². The second kappa shape index (κ2) is 4.50. The first kappa shape index (κ1) is 10.9. The van der Waals surface area contributed by atoms with Gasteiger partial charge in [-0.05, 0) is 36.5 Å². The van der Waals surface area contributed by atoms with Gasteiger partial charge in [-0.3, -0.25) is 0 Å². The molecule has 1 aliphatic rings. The first-order valence-corrected chi connectivity index (χ1v) is 5.73. The van der Waals surface area contributed by atoms with Crippen molar-refractivity contribution in [1.82, 2.24) is 5.32 Å². The van der Waals surface area contributed by atoms with Crippen LogP contribution in [0.3, 0.4) is 0 Å². The van der Waals surface area contributed by atoms with Crippen molar-refractivity contribution >= 4 is 11.6 Å². The molecule has 1 N–H and O–H groups in total. The third-order valence-corrected chi connectivity index (χ3v) is 3.11. The Kier molecular flexibility index (Phi) is 3.27. The van der Waals surface area contributed by atoms with Crippen molar-refractivity contribution in [2.45, 2.75) is 31.7 Å². The van der Waals surface area contributed by atoms with Gasteiger partial charge in [-0.25, -0.2) is 4.39 Å². The fraction of sp³-hybridized carbons (Fsp3) is 0.500. The summed E-state index contributed by atoms with van der Waals surface area (Å²) >= 11 is 5.99. The van der Waals surface area contributed by atoms with Gasteiger partial charge < -0.3 is 5.32 Å². The van der Waals surface area contributed by atoms with E-state index in [2.05, 4.69) is 12.2 Å². The molecule has 0 amide bonds. The largest absolute Gasteiger partial charge is 0.313 e. The van der Waals surface area contributed by atoms with Crippen molar-refractivity contribution in [3.05, 3.63) is 34.6 Å². The van der Waals surface area contributed by atoms with Crippen LogP contribution in [-0.4, -0.2) is 12.6 Å². The van der Waals surface area contributed by atoms with Crippen LogP contribution in [0.15, 0.2) is 18.2 Å². The zero-order valence-electron chi connectivity index (χ0n) is 8.76. The van der Waals surface area contributed by atoms with Crippen LogP contribution in [0.5, 0.6) is 0 Å². The molecule has 0 saturated heterocycles. The maximum absolute atomic E-state index is 12.8. The summed E-state index contributed by atoms with van der Waals surface area (Å²) in [6, 6.07) is 5.32. The minimum absolute atomic E-state index is 0.272. The Morgan fingerprint density at radius 2 is 2.27 bits per heavy atom. The van der Waals surface area contributed by atoms with Gasteiger partial charge in [0.15, 0.2) is 0 Å². The predicted octanol–water partition coefficient (Wildman–Crippen LogP) is 3.33. The van der Waals surface area contributed by atoms with Gasteiger partial charge in [0.25, 0.3) is 0 Å². The number of nitrogens with one attached hydrogen (secondary N) is 1. The molecule has 1 aromatic rings. The highest BCUT2D eigenvalue weighted by molar-refractivity contribution is 6.31. The fourth-order valence-corrected chi connectivity index (χ4v) is 2.00. The molecule has 0 radical (unpaired) electrons. The van der Waals surface area contributed by atoms with Gasteiger partial charge in [0, 0.05) is 17.6 Å². The quantitative estimate of drug-likeness (QED) is 0.832. The van der Waals surface area contributed by atoms with Gasteiger partial charge in [0.1, 0.15) is 5.82 Å². The van der Waals surface area contributed by atoms with Crippen LogP contribution in [0.25, 0.3) is 0 Å². The fourth-order valence-electron chi connectivity index (χ4n) is 1.64. The molecule has 0 aromatic heterocycles. The van der Waals surface area contributed by atoms with E-state index in [9.17, 15) is 4.39 Å². The second-order valence-corrected chi connectivity index (χ2v) is 4.66.